The number of hydrazine groups is 1. The summed E-state index contributed by atoms with van der Waals surface area (Å²) in [6.45, 7) is 0. The van der Waals surface area contributed by atoms with Crippen LogP contribution in [0.4, 0.5) is 0 Å². The fraction of sp³-hybridized carbons (Fsp3) is 0.174. The number of carbonyl (C=O) groups excluding carboxylic acids is 1. The standard InChI is InChI=1S/C23H22N2O7S2/c1-31-18-8-12-20(13-9-18)33(27,28)24-22(17-6-4-3-5-7-17)16-23(26)25(24)34(29,30)21-14-10-19(32-2)11-15-21/h3-15,22H,16H2,1-2H3. The Morgan fingerprint density at radius 3 is 1.65 bits per heavy atom. The van der Waals surface area contributed by atoms with Crippen molar-refractivity contribution in [2.45, 2.75) is 22.3 Å². The average Bonchev–Trinajstić information content (AvgIpc) is 3.23. The maximum absolute atomic E-state index is 13.8. The third kappa shape index (κ3) is 4.13. The van der Waals surface area contributed by atoms with Gasteiger partial charge in [0.15, 0.2) is 0 Å². The van der Waals surface area contributed by atoms with Crippen LogP contribution in [0.3, 0.4) is 0 Å². The molecular weight excluding hydrogens is 480 g/mol. The number of carbonyl (C=O) groups is 1. The maximum Gasteiger partial charge on any atom is 0.281 e. The van der Waals surface area contributed by atoms with Crippen molar-refractivity contribution in [3.05, 3.63) is 84.4 Å². The van der Waals surface area contributed by atoms with Gasteiger partial charge in [0.1, 0.15) is 11.5 Å². The number of amides is 1. The molecular formula is C23H22N2O7S2. The number of methoxy groups -OCH3 is 2. The van der Waals surface area contributed by atoms with Gasteiger partial charge < -0.3 is 9.47 Å². The second-order valence-corrected chi connectivity index (χ2v) is 11.0. The summed E-state index contributed by atoms with van der Waals surface area (Å²) >= 11 is 0. The summed E-state index contributed by atoms with van der Waals surface area (Å²) in [5.74, 6) is -0.0166. The summed E-state index contributed by atoms with van der Waals surface area (Å²) in [7, 11) is -6.15. The van der Waals surface area contributed by atoms with E-state index in [2.05, 4.69) is 0 Å². The van der Waals surface area contributed by atoms with Crippen LogP contribution in [0, 0.1) is 0 Å². The van der Waals surface area contributed by atoms with Crippen LogP contribution in [0.5, 0.6) is 11.5 Å². The SMILES string of the molecule is COc1ccc(S(=O)(=O)N2C(=O)CC(c3ccccc3)N2S(=O)(=O)c2ccc(OC)cc2)cc1. The van der Waals surface area contributed by atoms with E-state index in [1.807, 2.05) is 0 Å². The van der Waals surface area contributed by atoms with E-state index in [0.29, 0.717) is 25.9 Å². The third-order valence-corrected chi connectivity index (χ3v) is 8.98. The molecule has 0 spiro atoms. The molecule has 11 heteroatoms. The first kappa shape index (κ1) is 23.7. The Morgan fingerprint density at radius 2 is 1.18 bits per heavy atom. The van der Waals surface area contributed by atoms with E-state index in [1.165, 1.54) is 62.8 Å². The molecule has 3 aromatic rings. The number of sulfonamides is 2. The number of hydrogen-bond acceptors (Lipinski definition) is 7. The summed E-state index contributed by atoms with van der Waals surface area (Å²) in [6.07, 6.45) is -0.339. The van der Waals surface area contributed by atoms with Gasteiger partial charge in [-0.2, -0.15) is 8.42 Å². The van der Waals surface area contributed by atoms with Gasteiger partial charge in [0, 0.05) is 0 Å². The Kier molecular flexibility index (Phi) is 6.34. The highest BCUT2D eigenvalue weighted by Gasteiger charge is 2.52. The van der Waals surface area contributed by atoms with E-state index in [4.69, 9.17) is 9.47 Å². The van der Waals surface area contributed by atoms with Gasteiger partial charge in [-0.15, -0.1) is 4.41 Å². The normalized spacial score (nSPS) is 17.1. The number of hydrogen-bond donors (Lipinski definition) is 0. The van der Waals surface area contributed by atoms with Gasteiger partial charge in [-0.25, -0.2) is 8.42 Å². The molecule has 0 radical (unpaired) electrons. The van der Waals surface area contributed by atoms with Crippen molar-refractivity contribution in [2.24, 2.45) is 0 Å². The minimum atomic E-state index is -4.56. The molecule has 3 aromatic carbocycles. The van der Waals surface area contributed by atoms with Crippen molar-refractivity contribution in [1.29, 1.82) is 0 Å². The Labute approximate surface area is 198 Å². The fourth-order valence-electron chi connectivity index (χ4n) is 3.69. The molecule has 1 heterocycles. The lowest BCUT2D eigenvalue weighted by Gasteiger charge is -2.30. The lowest BCUT2D eigenvalue weighted by Crippen LogP contribution is -2.47. The number of rotatable bonds is 7. The Morgan fingerprint density at radius 1 is 0.706 bits per heavy atom. The van der Waals surface area contributed by atoms with Crippen LogP contribution in [0.1, 0.15) is 18.0 Å². The van der Waals surface area contributed by atoms with Crippen LogP contribution in [0.25, 0.3) is 0 Å². The van der Waals surface area contributed by atoms with Gasteiger partial charge in [0.25, 0.3) is 26.0 Å². The van der Waals surface area contributed by atoms with Crippen molar-refractivity contribution in [1.82, 2.24) is 8.83 Å². The molecule has 1 aliphatic heterocycles. The Bertz CT molecular complexity index is 1390. The summed E-state index contributed by atoms with van der Waals surface area (Å²) in [4.78, 5) is 12.7. The van der Waals surface area contributed by atoms with Gasteiger partial charge in [-0.05, 0) is 54.1 Å². The molecule has 0 bridgehead atoms. The van der Waals surface area contributed by atoms with Gasteiger partial charge in [-0.3, -0.25) is 4.79 Å². The first-order chi connectivity index (χ1) is 16.2. The zero-order valence-corrected chi connectivity index (χ0v) is 20.0. The Balaban J connectivity index is 1.87. The molecule has 1 unspecified atom stereocenters. The highest BCUT2D eigenvalue weighted by atomic mass is 32.2. The van der Waals surface area contributed by atoms with Crippen LogP contribution in [0.15, 0.2) is 88.7 Å². The monoisotopic (exact) mass is 502 g/mol. The van der Waals surface area contributed by atoms with Crippen molar-refractivity contribution in [3.8, 4) is 11.5 Å². The predicted octanol–water partition coefficient (Wildman–Crippen LogP) is 2.97. The summed E-state index contributed by atoms with van der Waals surface area (Å²) in [5, 5.41) is 0. The van der Waals surface area contributed by atoms with Crippen LogP contribution < -0.4 is 9.47 Å². The summed E-state index contributed by atoms with van der Waals surface area (Å²) in [5.41, 5.74) is 0.486. The first-order valence-electron chi connectivity index (χ1n) is 10.2. The minimum Gasteiger partial charge on any atom is -0.497 e. The molecule has 34 heavy (non-hydrogen) atoms. The molecule has 1 aliphatic rings. The molecule has 178 valence electrons. The van der Waals surface area contributed by atoms with E-state index in [9.17, 15) is 21.6 Å². The second kappa shape index (κ2) is 9.09. The van der Waals surface area contributed by atoms with E-state index >= 15 is 0 Å². The zero-order chi connectivity index (χ0) is 24.5. The maximum atomic E-state index is 13.8. The van der Waals surface area contributed by atoms with Crippen LogP contribution in [0.2, 0.25) is 0 Å². The molecule has 9 nitrogen and oxygen atoms in total. The van der Waals surface area contributed by atoms with Gasteiger partial charge in [0.05, 0.1) is 36.5 Å². The van der Waals surface area contributed by atoms with E-state index < -0.39 is 32.0 Å². The summed E-state index contributed by atoms with van der Waals surface area (Å²) in [6, 6.07) is 18.2. The highest BCUT2D eigenvalue weighted by Crippen LogP contribution is 2.41. The van der Waals surface area contributed by atoms with Crippen LogP contribution >= 0.6 is 0 Å². The van der Waals surface area contributed by atoms with E-state index in [-0.39, 0.29) is 16.2 Å². The molecule has 0 N–H and O–H groups in total. The molecule has 1 amide bonds. The number of benzene rings is 3. The topological polar surface area (TPSA) is 110 Å². The van der Waals surface area contributed by atoms with Crippen LogP contribution in [-0.2, 0) is 24.8 Å². The lowest BCUT2D eigenvalue weighted by molar-refractivity contribution is -0.126. The Hall–Kier alpha value is -3.41. The molecule has 4 rings (SSSR count). The molecule has 0 aromatic heterocycles. The van der Waals surface area contributed by atoms with Crippen molar-refractivity contribution < 1.29 is 31.1 Å². The van der Waals surface area contributed by atoms with Crippen molar-refractivity contribution in [2.75, 3.05) is 14.2 Å². The molecule has 0 aliphatic carbocycles. The second-order valence-electron chi connectivity index (χ2n) is 7.40. The molecule has 1 atom stereocenters. The molecule has 1 saturated heterocycles. The van der Waals surface area contributed by atoms with Gasteiger partial charge in [0.2, 0.25) is 0 Å². The smallest absolute Gasteiger partial charge is 0.281 e. The lowest BCUT2D eigenvalue weighted by atomic mass is 10.1. The zero-order valence-electron chi connectivity index (χ0n) is 18.4. The van der Waals surface area contributed by atoms with Crippen LogP contribution in [-0.4, -0.2) is 45.8 Å². The van der Waals surface area contributed by atoms with Crippen molar-refractivity contribution >= 4 is 26.0 Å². The quantitative estimate of drug-likeness (QED) is 0.488. The van der Waals surface area contributed by atoms with Gasteiger partial charge >= 0.3 is 0 Å². The first-order valence-corrected chi connectivity index (χ1v) is 13.0. The van der Waals surface area contributed by atoms with Gasteiger partial charge in [-0.1, -0.05) is 34.7 Å². The number of ether oxygens (including phenoxy) is 2. The fourth-order valence-corrected chi connectivity index (χ4v) is 7.08. The van der Waals surface area contributed by atoms with E-state index in [0.717, 1.165) is 0 Å². The largest absolute Gasteiger partial charge is 0.497 e. The minimum absolute atomic E-state index is 0.182. The van der Waals surface area contributed by atoms with E-state index in [1.54, 1.807) is 30.3 Å². The number of nitrogens with zero attached hydrogens (tertiary/aromatic N) is 2. The average molecular weight is 503 g/mol. The molecule has 1 fully saturated rings. The third-order valence-electron chi connectivity index (χ3n) is 5.40. The van der Waals surface area contributed by atoms with Crippen molar-refractivity contribution in [3.63, 3.8) is 0 Å². The predicted molar refractivity (Wildman–Crippen MR) is 123 cm³/mol. The summed E-state index contributed by atoms with van der Waals surface area (Å²) < 4.78 is 65.8. The molecule has 0 saturated carbocycles. The highest BCUT2D eigenvalue weighted by molar-refractivity contribution is 7.92.